The van der Waals surface area contributed by atoms with Crippen LogP contribution in [0.2, 0.25) is 0 Å². The maximum absolute atomic E-state index is 12.1. The van der Waals surface area contributed by atoms with Gasteiger partial charge in [-0.05, 0) is 41.6 Å². The number of esters is 1. The van der Waals surface area contributed by atoms with Crippen LogP contribution in [0, 0.1) is 0 Å². The molecular formula is C21H23NO4S2. The Kier molecular flexibility index (Phi) is 8.97. The van der Waals surface area contributed by atoms with Crippen LogP contribution >= 0.6 is 23.5 Å². The summed E-state index contributed by atoms with van der Waals surface area (Å²) in [5.41, 5.74) is 3.03. The normalized spacial score (nSPS) is 11.9. The molecule has 0 radical (unpaired) electrons. The first kappa shape index (κ1) is 21.9. The summed E-state index contributed by atoms with van der Waals surface area (Å²) in [5.74, 6) is 1.02. The van der Waals surface area contributed by atoms with E-state index in [0.29, 0.717) is 11.3 Å². The van der Waals surface area contributed by atoms with E-state index in [1.54, 1.807) is 30.6 Å². The van der Waals surface area contributed by atoms with Gasteiger partial charge in [-0.1, -0.05) is 36.0 Å². The molecule has 2 rings (SSSR count). The van der Waals surface area contributed by atoms with Crippen molar-refractivity contribution in [2.45, 2.75) is 5.75 Å². The fourth-order valence-electron chi connectivity index (χ4n) is 2.40. The number of rotatable bonds is 7. The van der Waals surface area contributed by atoms with Gasteiger partial charge >= 0.3 is 5.97 Å². The summed E-state index contributed by atoms with van der Waals surface area (Å²) < 4.78 is 16.1. The van der Waals surface area contributed by atoms with E-state index in [1.807, 2.05) is 54.8 Å². The van der Waals surface area contributed by atoms with E-state index in [0.717, 1.165) is 26.9 Å². The van der Waals surface area contributed by atoms with Gasteiger partial charge in [0.2, 0.25) is 0 Å². The summed E-state index contributed by atoms with van der Waals surface area (Å²) in [4.78, 5) is 16.8. The van der Waals surface area contributed by atoms with Crippen LogP contribution in [0.3, 0.4) is 0 Å². The van der Waals surface area contributed by atoms with Crippen molar-refractivity contribution < 1.29 is 19.0 Å². The van der Waals surface area contributed by atoms with Crippen LogP contribution in [-0.4, -0.2) is 37.9 Å². The summed E-state index contributed by atoms with van der Waals surface area (Å²) in [5, 5.41) is 0. The summed E-state index contributed by atoms with van der Waals surface area (Å²) >= 11 is 3.19. The number of hydrogen-bond acceptors (Lipinski definition) is 7. The van der Waals surface area contributed by atoms with Gasteiger partial charge < -0.3 is 14.2 Å². The topological polar surface area (TPSA) is 57.1 Å². The van der Waals surface area contributed by atoms with E-state index >= 15 is 0 Å². The average molecular weight is 418 g/mol. The number of ether oxygens (including phenoxy) is 3. The third-order valence-corrected chi connectivity index (χ3v) is 5.85. The zero-order valence-electron chi connectivity index (χ0n) is 16.3. The van der Waals surface area contributed by atoms with Crippen LogP contribution in [0.4, 0.5) is 5.69 Å². The number of carbonyl (C=O) groups is 1. The lowest BCUT2D eigenvalue weighted by Crippen LogP contribution is -2.06. The smallest absolute Gasteiger partial charge is 0.341 e. The Bertz CT molecular complexity index is 848. The first-order chi connectivity index (χ1) is 13.6. The molecule has 0 unspecified atom stereocenters. The molecule has 0 spiro atoms. The fourth-order valence-corrected chi connectivity index (χ4v) is 3.94. The van der Waals surface area contributed by atoms with Crippen LogP contribution in [0.5, 0.6) is 5.75 Å². The lowest BCUT2D eigenvalue weighted by atomic mass is 10.0. The second-order valence-electron chi connectivity index (χ2n) is 5.48. The van der Waals surface area contributed by atoms with E-state index in [1.165, 1.54) is 20.5 Å². The van der Waals surface area contributed by atoms with Gasteiger partial charge in [-0.25, -0.2) is 9.79 Å². The molecule has 0 bridgehead atoms. The summed E-state index contributed by atoms with van der Waals surface area (Å²) in [6.07, 6.45) is 3.40. The molecule has 0 aliphatic heterocycles. The predicted octanol–water partition coefficient (Wildman–Crippen LogP) is 5.14. The van der Waals surface area contributed by atoms with Gasteiger partial charge in [-0.3, -0.25) is 0 Å². The zero-order chi connectivity index (χ0) is 20.4. The van der Waals surface area contributed by atoms with E-state index in [2.05, 4.69) is 4.99 Å². The highest BCUT2D eigenvalue weighted by Crippen LogP contribution is 2.29. The van der Waals surface area contributed by atoms with Crippen LogP contribution in [0.25, 0.3) is 5.57 Å². The van der Waals surface area contributed by atoms with Gasteiger partial charge in [0.05, 0.1) is 33.3 Å². The third-order valence-electron chi connectivity index (χ3n) is 3.77. The Labute approximate surface area is 174 Å². The largest absolute Gasteiger partial charge is 0.503 e. The Balaban J connectivity index is 2.21. The highest BCUT2D eigenvalue weighted by Gasteiger charge is 2.17. The SMILES string of the molecule is COC=C(C(=O)OC)c1ccccc1CSC(=Nc1ccc(OC)cc1)SC. The zero-order valence-corrected chi connectivity index (χ0v) is 17.9. The molecule has 7 heteroatoms. The number of thioether (sulfide) groups is 2. The maximum atomic E-state index is 12.1. The maximum Gasteiger partial charge on any atom is 0.341 e. The summed E-state index contributed by atoms with van der Waals surface area (Å²) in [7, 11) is 4.50. The Morgan fingerprint density at radius 1 is 1.07 bits per heavy atom. The third kappa shape index (κ3) is 6.07. The average Bonchev–Trinajstić information content (AvgIpc) is 2.75. The molecule has 5 nitrogen and oxygen atoms in total. The molecule has 0 aliphatic rings. The number of aliphatic imine (C=N–C) groups is 1. The van der Waals surface area contributed by atoms with Crippen LogP contribution in [-0.2, 0) is 20.0 Å². The van der Waals surface area contributed by atoms with E-state index in [4.69, 9.17) is 14.2 Å². The van der Waals surface area contributed by atoms with E-state index < -0.39 is 5.97 Å². The van der Waals surface area contributed by atoms with Crippen molar-refractivity contribution in [3.8, 4) is 5.75 Å². The molecule has 28 heavy (non-hydrogen) atoms. The Morgan fingerprint density at radius 3 is 2.39 bits per heavy atom. The molecule has 148 valence electrons. The molecular weight excluding hydrogens is 394 g/mol. The van der Waals surface area contributed by atoms with E-state index in [-0.39, 0.29) is 0 Å². The molecule has 0 saturated heterocycles. The number of nitrogens with zero attached hydrogens (tertiary/aromatic N) is 1. The first-order valence-electron chi connectivity index (χ1n) is 8.42. The number of hydrogen-bond donors (Lipinski definition) is 0. The number of methoxy groups -OCH3 is 3. The van der Waals surface area contributed by atoms with Crippen LogP contribution in [0.15, 0.2) is 59.8 Å². The molecule has 0 saturated carbocycles. The summed E-state index contributed by atoms with van der Waals surface area (Å²) in [6.45, 7) is 0. The monoisotopic (exact) mass is 417 g/mol. The van der Waals surface area contributed by atoms with Crippen molar-refractivity contribution in [2.75, 3.05) is 27.6 Å². The molecule has 0 aliphatic carbocycles. The van der Waals surface area contributed by atoms with Gasteiger partial charge in [0.1, 0.15) is 15.7 Å². The second-order valence-corrected chi connectivity index (χ2v) is 7.50. The van der Waals surface area contributed by atoms with Crippen molar-refractivity contribution in [3.63, 3.8) is 0 Å². The van der Waals surface area contributed by atoms with Crippen LogP contribution in [0.1, 0.15) is 11.1 Å². The highest BCUT2D eigenvalue weighted by atomic mass is 32.2. The molecule has 0 fully saturated rings. The molecule has 0 amide bonds. The number of carbonyl (C=O) groups excluding carboxylic acids is 1. The van der Waals surface area contributed by atoms with Crippen molar-refractivity contribution in [1.82, 2.24) is 0 Å². The fraction of sp³-hybridized carbons (Fsp3) is 0.238. The molecule has 0 N–H and O–H groups in total. The first-order valence-corrected chi connectivity index (χ1v) is 10.6. The Hall–Kier alpha value is -2.38. The highest BCUT2D eigenvalue weighted by molar-refractivity contribution is 8.38. The Morgan fingerprint density at radius 2 is 1.79 bits per heavy atom. The minimum Gasteiger partial charge on any atom is -0.503 e. The standard InChI is InChI=1S/C21H23NO4S2/c1-24-13-19(20(23)26-3)18-8-6-5-7-15(18)14-28-21(27-4)22-16-9-11-17(25-2)12-10-16/h5-13H,14H2,1-4H3. The summed E-state index contributed by atoms with van der Waals surface area (Å²) in [6, 6.07) is 15.3. The van der Waals surface area contributed by atoms with Crippen LogP contribution < -0.4 is 4.74 Å². The molecule has 2 aromatic rings. The van der Waals surface area contributed by atoms with Gasteiger partial charge in [0.15, 0.2) is 0 Å². The van der Waals surface area contributed by atoms with Gasteiger partial charge in [0, 0.05) is 5.75 Å². The molecule has 0 aromatic heterocycles. The van der Waals surface area contributed by atoms with Gasteiger partial charge in [-0.2, -0.15) is 0 Å². The van der Waals surface area contributed by atoms with Crippen molar-refractivity contribution in [3.05, 3.63) is 65.9 Å². The van der Waals surface area contributed by atoms with Crippen molar-refractivity contribution in [2.24, 2.45) is 4.99 Å². The second kappa shape index (κ2) is 11.5. The lowest BCUT2D eigenvalue weighted by molar-refractivity contribution is -0.133. The lowest BCUT2D eigenvalue weighted by Gasteiger charge is -2.12. The van der Waals surface area contributed by atoms with Gasteiger partial charge in [-0.15, -0.1) is 11.8 Å². The quantitative estimate of drug-likeness (QED) is 0.204. The van der Waals surface area contributed by atoms with Crippen molar-refractivity contribution >= 4 is 45.1 Å². The van der Waals surface area contributed by atoms with Gasteiger partial charge in [0.25, 0.3) is 0 Å². The number of benzene rings is 2. The van der Waals surface area contributed by atoms with E-state index in [9.17, 15) is 4.79 Å². The predicted molar refractivity (Wildman–Crippen MR) is 118 cm³/mol. The minimum absolute atomic E-state index is 0.388. The molecule has 2 aromatic carbocycles. The molecule has 0 atom stereocenters. The van der Waals surface area contributed by atoms with Crippen molar-refractivity contribution in [1.29, 1.82) is 0 Å². The molecule has 0 heterocycles. The minimum atomic E-state index is -0.434.